The van der Waals surface area contributed by atoms with E-state index >= 15 is 0 Å². The molecule has 2 atom stereocenters. The lowest BCUT2D eigenvalue weighted by atomic mass is 10.0. The summed E-state index contributed by atoms with van der Waals surface area (Å²) in [5.74, 6) is 0.956. The van der Waals surface area contributed by atoms with Crippen LogP contribution in [0.1, 0.15) is 29.8 Å². The first kappa shape index (κ1) is 24.5. The van der Waals surface area contributed by atoms with Crippen LogP contribution in [0.5, 0.6) is 5.88 Å². The molecule has 2 aromatic heterocycles. The van der Waals surface area contributed by atoms with Gasteiger partial charge in [-0.1, -0.05) is 12.1 Å². The van der Waals surface area contributed by atoms with Gasteiger partial charge in [0.2, 0.25) is 5.88 Å². The number of hydrogen-bond acceptors (Lipinski definition) is 8. The minimum absolute atomic E-state index is 0.295. The molecule has 1 N–H and O–H groups in total. The van der Waals surface area contributed by atoms with Gasteiger partial charge < -0.3 is 19.7 Å². The number of fused-ring (bicyclic) bond motifs is 2. The third-order valence-corrected chi connectivity index (χ3v) is 6.91. The predicted molar refractivity (Wildman–Crippen MR) is 130 cm³/mol. The number of nitrogens with one attached hydrogen (secondary N) is 1. The van der Waals surface area contributed by atoms with E-state index in [2.05, 4.69) is 25.3 Å². The number of piperazine rings is 1. The average Bonchev–Trinajstić information content (AvgIpc) is 2.89. The molecule has 0 unspecified atom stereocenters. The third-order valence-electron chi connectivity index (χ3n) is 6.91. The van der Waals surface area contributed by atoms with E-state index in [-0.39, 0.29) is 0 Å². The normalized spacial score (nSPS) is 19.7. The number of methoxy groups -OCH3 is 1. The van der Waals surface area contributed by atoms with Gasteiger partial charge in [0.1, 0.15) is 11.2 Å². The van der Waals surface area contributed by atoms with Crippen molar-refractivity contribution in [2.75, 3.05) is 56.7 Å². The Labute approximate surface area is 207 Å². The maximum Gasteiger partial charge on any atom is 0.416 e. The van der Waals surface area contributed by atoms with Gasteiger partial charge >= 0.3 is 6.18 Å². The molecular formula is C25H29F3N6O2. The zero-order chi connectivity index (χ0) is 25.4. The van der Waals surface area contributed by atoms with Crippen LogP contribution in [-0.4, -0.2) is 72.6 Å². The molecule has 2 fully saturated rings. The molecule has 192 valence electrons. The van der Waals surface area contributed by atoms with E-state index in [9.17, 15) is 13.2 Å². The van der Waals surface area contributed by atoms with Gasteiger partial charge in [0.15, 0.2) is 5.82 Å². The van der Waals surface area contributed by atoms with Gasteiger partial charge in [-0.3, -0.25) is 4.90 Å². The quantitative estimate of drug-likeness (QED) is 0.560. The zero-order valence-corrected chi connectivity index (χ0v) is 20.5. The van der Waals surface area contributed by atoms with Crippen LogP contribution in [0.2, 0.25) is 0 Å². The van der Waals surface area contributed by atoms with Crippen molar-refractivity contribution in [2.45, 2.75) is 32.1 Å². The number of pyridine rings is 1. The molecular weight excluding hydrogens is 473 g/mol. The fourth-order valence-corrected chi connectivity index (χ4v) is 4.89. The van der Waals surface area contributed by atoms with E-state index in [1.54, 1.807) is 20.1 Å². The molecule has 0 saturated carbocycles. The number of alkyl halides is 3. The number of hydrogen-bond donors (Lipinski definition) is 1. The van der Waals surface area contributed by atoms with Crippen LogP contribution in [0, 0.1) is 6.92 Å². The van der Waals surface area contributed by atoms with Crippen molar-refractivity contribution in [3.63, 3.8) is 0 Å². The Balaban J connectivity index is 1.49. The highest BCUT2D eigenvalue weighted by atomic mass is 19.4. The van der Waals surface area contributed by atoms with Crippen molar-refractivity contribution in [3.05, 3.63) is 47.2 Å². The highest BCUT2D eigenvalue weighted by molar-refractivity contribution is 5.93. The topological polar surface area (TPSA) is 75.6 Å². The van der Waals surface area contributed by atoms with Crippen LogP contribution in [-0.2, 0) is 10.9 Å². The van der Waals surface area contributed by atoms with Gasteiger partial charge in [0.05, 0.1) is 43.7 Å². The fraction of sp³-hybridized carbons (Fsp3) is 0.480. The standard InChI is InChI=1S/C25H29F3N6O2/c1-15(17-5-4-6-18(11-17)25(26,27)28)29-23-20-12-21(24(35-3)30-22(20)16(2)31-32-23)34-8-7-33-9-10-36-14-19(33)13-34/h4-6,11-12,15,19H,7-10,13-14H2,1-3H3,(H,29,32)/t15-,19+/m1/s1. The van der Waals surface area contributed by atoms with Crippen molar-refractivity contribution in [2.24, 2.45) is 0 Å². The monoisotopic (exact) mass is 502 g/mol. The zero-order valence-electron chi connectivity index (χ0n) is 20.5. The van der Waals surface area contributed by atoms with Crippen LogP contribution in [0.4, 0.5) is 24.7 Å². The maximum atomic E-state index is 13.2. The summed E-state index contributed by atoms with van der Waals surface area (Å²) >= 11 is 0. The van der Waals surface area contributed by atoms with E-state index in [1.165, 1.54) is 6.07 Å². The number of aryl methyl sites for hydroxylation is 1. The molecule has 2 saturated heterocycles. The highest BCUT2D eigenvalue weighted by Gasteiger charge is 2.32. The van der Waals surface area contributed by atoms with E-state index in [4.69, 9.17) is 14.5 Å². The Bertz CT molecular complexity index is 1250. The van der Waals surface area contributed by atoms with E-state index < -0.39 is 17.8 Å². The molecule has 5 rings (SSSR count). The number of anilines is 2. The number of ether oxygens (including phenoxy) is 2. The Morgan fingerprint density at radius 2 is 2.00 bits per heavy atom. The largest absolute Gasteiger partial charge is 0.480 e. The molecule has 0 aliphatic carbocycles. The summed E-state index contributed by atoms with van der Waals surface area (Å²) < 4.78 is 51.0. The smallest absolute Gasteiger partial charge is 0.416 e. The van der Waals surface area contributed by atoms with Crippen LogP contribution < -0.4 is 15.0 Å². The minimum atomic E-state index is -4.41. The lowest BCUT2D eigenvalue weighted by molar-refractivity contribution is -0.137. The second-order valence-corrected chi connectivity index (χ2v) is 9.25. The molecule has 0 amide bonds. The molecule has 36 heavy (non-hydrogen) atoms. The van der Waals surface area contributed by atoms with E-state index in [0.29, 0.717) is 41.1 Å². The SMILES string of the molecule is COc1nc2c(C)nnc(N[C@H](C)c3cccc(C(F)(F)F)c3)c2cc1N1CCN2CCOC[C@@H]2C1. The first-order valence-electron chi connectivity index (χ1n) is 12.0. The van der Waals surface area contributed by atoms with Gasteiger partial charge in [0.25, 0.3) is 0 Å². The first-order chi connectivity index (χ1) is 17.2. The van der Waals surface area contributed by atoms with Crippen molar-refractivity contribution in [1.82, 2.24) is 20.1 Å². The summed E-state index contributed by atoms with van der Waals surface area (Å²) in [6.45, 7) is 8.51. The third kappa shape index (κ3) is 4.77. The molecule has 8 nitrogen and oxygen atoms in total. The summed E-state index contributed by atoms with van der Waals surface area (Å²) in [7, 11) is 1.59. The van der Waals surface area contributed by atoms with Crippen LogP contribution in [0.3, 0.4) is 0 Å². The van der Waals surface area contributed by atoms with Gasteiger partial charge in [-0.15, -0.1) is 5.10 Å². The van der Waals surface area contributed by atoms with Gasteiger partial charge in [-0.25, -0.2) is 4.98 Å². The Morgan fingerprint density at radius 1 is 1.17 bits per heavy atom. The fourth-order valence-electron chi connectivity index (χ4n) is 4.89. The molecule has 0 bridgehead atoms. The Hall–Kier alpha value is -3.18. The van der Waals surface area contributed by atoms with Crippen LogP contribution in [0.15, 0.2) is 30.3 Å². The summed E-state index contributed by atoms with van der Waals surface area (Å²) in [4.78, 5) is 9.45. The second-order valence-electron chi connectivity index (χ2n) is 9.25. The molecule has 2 aliphatic rings. The van der Waals surface area contributed by atoms with E-state index in [0.717, 1.165) is 56.0 Å². The van der Waals surface area contributed by atoms with Gasteiger partial charge in [0, 0.05) is 31.6 Å². The van der Waals surface area contributed by atoms with Crippen molar-refractivity contribution in [3.8, 4) is 5.88 Å². The minimum Gasteiger partial charge on any atom is -0.480 e. The molecule has 2 aliphatic heterocycles. The highest BCUT2D eigenvalue weighted by Crippen LogP contribution is 2.36. The van der Waals surface area contributed by atoms with E-state index in [1.807, 2.05) is 13.0 Å². The summed E-state index contributed by atoms with van der Waals surface area (Å²) in [5, 5.41) is 12.6. The maximum absolute atomic E-state index is 13.2. The number of aromatic nitrogens is 3. The van der Waals surface area contributed by atoms with Gasteiger partial charge in [-0.05, 0) is 37.6 Å². The predicted octanol–water partition coefficient (Wildman–Crippen LogP) is 4.05. The van der Waals surface area contributed by atoms with Crippen molar-refractivity contribution >= 4 is 22.4 Å². The van der Waals surface area contributed by atoms with Crippen LogP contribution in [0.25, 0.3) is 10.9 Å². The molecule has 11 heteroatoms. The summed E-state index contributed by atoms with van der Waals surface area (Å²) in [6.07, 6.45) is -4.41. The lowest BCUT2D eigenvalue weighted by Gasteiger charge is -2.44. The first-order valence-corrected chi connectivity index (χ1v) is 12.0. The number of nitrogens with zero attached hydrogens (tertiary/aromatic N) is 5. The van der Waals surface area contributed by atoms with Crippen molar-refractivity contribution < 1.29 is 22.6 Å². The molecule has 0 radical (unpaired) electrons. The molecule has 0 spiro atoms. The molecule has 3 aromatic rings. The molecule has 1 aromatic carbocycles. The number of rotatable bonds is 5. The Morgan fingerprint density at radius 3 is 2.78 bits per heavy atom. The summed E-state index contributed by atoms with van der Waals surface area (Å²) in [6, 6.07) is 7.13. The Kier molecular flexibility index (Phi) is 6.60. The number of morpholine rings is 1. The lowest BCUT2D eigenvalue weighted by Crippen LogP contribution is -2.58. The van der Waals surface area contributed by atoms with Crippen molar-refractivity contribution in [1.29, 1.82) is 0 Å². The number of halogens is 3. The van der Waals surface area contributed by atoms with Crippen LogP contribution >= 0.6 is 0 Å². The molecule has 4 heterocycles. The number of benzene rings is 1. The average molecular weight is 503 g/mol. The second kappa shape index (κ2) is 9.70. The summed E-state index contributed by atoms with van der Waals surface area (Å²) in [5.41, 5.74) is 1.92. The van der Waals surface area contributed by atoms with Gasteiger partial charge in [-0.2, -0.15) is 18.3 Å².